The summed E-state index contributed by atoms with van der Waals surface area (Å²) < 4.78 is 7.21. The van der Waals surface area contributed by atoms with Gasteiger partial charge < -0.3 is 15.0 Å². The molecule has 1 atom stereocenters. The second-order valence-corrected chi connectivity index (χ2v) is 5.80. The summed E-state index contributed by atoms with van der Waals surface area (Å²) in [5.74, 6) is 1.08. The highest BCUT2D eigenvalue weighted by Gasteiger charge is 2.18. The Kier molecular flexibility index (Phi) is 5.60. The van der Waals surface area contributed by atoms with Crippen LogP contribution in [0.5, 0.6) is 5.75 Å². The van der Waals surface area contributed by atoms with Crippen molar-refractivity contribution >= 4 is 5.91 Å². The van der Waals surface area contributed by atoms with Crippen LogP contribution < -0.4 is 15.6 Å². The van der Waals surface area contributed by atoms with E-state index in [4.69, 9.17) is 4.74 Å². The standard InChI is InChI=1S/C18H20N6O3/c1-3-24-16(20-11-21-24)12(2)22-17(25)14-9-19-15(23-18(14)26)10-27-13-7-5-4-6-8-13/h4-9,11-12H,3,10H2,1-2H3,(H,22,25)(H,19,23,26). The van der Waals surface area contributed by atoms with Gasteiger partial charge in [0.05, 0.1) is 6.04 Å². The van der Waals surface area contributed by atoms with Crippen LogP contribution in [0.2, 0.25) is 0 Å². The highest BCUT2D eigenvalue weighted by Crippen LogP contribution is 2.10. The third kappa shape index (κ3) is 4.38. The quantitative estimate of drug-likeness (QED) is 0.652. The van der Waals surface area contributed by atoms with Gasteiger partial charge in [-0.2, -0.15) is 5.10 Å². The van der Waals surface area contributed by atoms with Crippen LogP contribution in [-0.4, -0.2) is 30.6 Å². The molecule has 0 radical (unpaired) electrons. The summed E-state index contributed by atoms with van der Waals surface area (Å²) in [6.45, 7) is 4.43. The van der Waals surface area contributed by atoms with Crippen molar-refractivity contribution in [3.63, 3.8) is 0 Å². The van der Waals surface area contributed by atoms with Crippen LogP contribution in [-0.2, 0) is 13.2 Å². The Labute approximate surface area is 155 Å². The first-order valence-electron chi connectivity index (χ1n) is 8.53. The molecular weight excluding hydrogens is 348 g/mol. The Bertz CT molecular complexity index is 966. The SMILES string of the molecule is CCn1ncnc1C(C)NC(=O)c1cnc(COc2ccccc2)[nH]c1=O. The molecule has 9 heteroatoms. The van der Waals surface area contributed by atoms with Gasteiger partial charge in [-0.05, 0) is 26.0 Å². The number of hydrogen-bond acceptors (Lipinski definition) is 6. The van der Waals surface area contributed by atoms with E-state index < -0.39 is 17.5 Å². The third-order valence-corrected chi connectivity index (χ3v) is 3.90. The predicted molar refractivity (Wildman–Crippen MR) is 97.2 cm³/mol. The van der Waals surface area contributed by atoms with Gasteiger partial charge in [0.25, 0.3) is 11.5 Å². The van der Waals surface area contributed by atoms with Gasteiger partial charge in [-0.3, -0.25) is 9.59 Å². The molecule has 3 aromatic rings. The number of hydrogen-bond donors (Lipinski definition) is 2. The zero-order chi connectivity index (χ0) is 19.2. The fourth-order valence-electron chi connectivity index (χ4n) is 2.53. The number of benzene rings is 1. The number of nitrogens with one attached hydrogen (secondary N) is 2. The van der Waals surface area contributed by atoms with E-state index in [9.17, 15) is 9.59 Å². The molecule has 1 amide bonds. The van der Waals surface area contributed by atoms with E-state index in [2.05, 4.69) is 25.4 Å². The Morgan fingerprint density at radius 2 is 2.07 bits per heavy atom. The molecule has 0 aliphatic rings. The maximum atomic E-state index is 12.4. The molecule has 0 aliphatic heterocycles. The molecule has 1 unspecified atom stereocenters. The van der Waals surface area contributed by atoms with Gasteiger partial charge in [0.2, 0.25) is 0 Å². The van der Waals surface area contributed by atoms with Crippen LogP contribution in [0.4, 0.5) is 0 Å². The molecule has 0 aliphatic carbocycles. The molecule has 3 rings (SSSR count). The maximum absolute atomic E-state index is 12.4. The summed E-state index contributed by atoms with van der Waals surface area (Å²) in [4.78, 5) is 35.5. The van der Waals surface area contributed by atoms with Gasteiger partial charge >= 0.3 is 0 Å². The van der Waals surface area contributed by atoms with Gasteiger partial charge in [-0.1, -0.05) is 18.2 Å². The normalized spacial score (nSPS) is 11.8. The van der Waals surface area contributed by atoms with E-state index in [0.717, 1.165) is 0 Å². The lowest BCUT2D eigenvalue weighted by atomic mass is 10.2. The number of aromatic amines is 1. The zero-order valence-electron chi connectivity index (χ0n) is 15.0. The number of para-hydroxylation sites is 1. The lowest BCUT2D eigenvalue weighted by Crippen LogP contribution is -2.33. The molecule has 2 heterocycles. The monoisotopic (exact) mass is 368 g/mol. The molecular formula is C18H20N6O3. The average Bonchev–Trinajstić information content (AvgIpc) is 3.16. The van der Waals surface area contributed by atoms with Crippen molar-refractivity contribution in [2.75, 3.05) is 0 Å². The maximum Gasteiger partial charge on any atom is 0.263 e. The summed E-state index contributed by atoms with van der Waals surface area (Å²) in [6, 6.07) is 8.77. The number of aromatic nitrogens is 5. The van der Waals surface area contributed by atoms with E-state index in [1.807, 2.05) is 25.1 Å². The Morgan fingerprint density at radius 1 is 1.30 bits per heavy atom. The topological polar surface area (TPSA) is 115 Å². The van der Waals surface area contributed by atoms with Crippen LogP contribution in [0.3, 0.4) is 0 Å². The van der Waals surface area contributed by atoms with Crippen molar-refractivity contribution in [1.29, 1.82) is 0 Å². The first kappa shape index (κ1) is 18.3. The fourth-order valence-corrected chi connectivity index (χ4v) is 2.53. The Balaban J connectivity index is 1.66. The van der Waals surface area contributed by atoms with Crippen molar-refractivity contribution in [2.24, 2.45) is 0 Å². The highest BCUT2D eigenvalue weighted by atomic mass is 16.5. The Morgan fingerprint density at radius 3 is 2.78 bits per heavy atom. The van der Waals surface area contributed by atoms with E-state index in [-0.39, 0.29) is 12.2 Å². The first-order chi connectivity index (χ1) is 13.1. The number of ether oxygens (including phenoxy) is 1. The van der Waals surface area contributed by atoms with Crippen molar-refractivity contribution in [3.8, 4) is 5.75 Å². The van der Waals surface area contributed by atoms with Gasteiger partial charge in [0, 0.05) is 12.7 Å². The molecule has 2 N–H and O–H groups in total. The Hall–Kier alpha value is -3.49. The summed E-state index contributed by atoms with van der Waals surface area (Å²) in [6.07, 6.45) is 2.67. The van der Waals surface area contributed by atoms with Gasteiger partial charge in [-0.15, -0.1) is 0 Å². The van der Waals surface area contributed by atoms with Gasteiger partial charge in [0.1, 0.15) is 35.9 Å². The largest absolute Gasteiger partial charge is 0.486 e. The molecule has 140 valence electrons. The van der Waals surface area contributed by atoms with Crippen molar-refractivity contribution < 1.29 is 9.53 Å². The number of nitrogens with zero attached hydrogens (tertiary/aromatic N) is 4. The number of aryl methyl sites for hydroxylation is 1. The minimum atomic E-state index is -0.530. The molecule has 0 bridgehead atoms. The molecule has 9 nitrogen and oxygen atoms in total. The number of rotatable bonds is 7. The van der Waals surface area contributed by atoms with Crippen LogP contribution in [0.1, 0.15) is 41.9 Å². The number of amides is 1. The highest BCUT2D eigenvalue weighted by molar-refractivity contribution is 5.93. The summed E-state index contributed by atoms with van der Waals surface area (Å²) >= 11 is 0. The molecule has 0 saturated carbocycles. The number of carbonyl (C=O) groups is 1. The second-order valence-electron chi connectivity index (χ2n) is 5.80. The molecule has 0 spiro atoms. The van der Waals surface area contributed by atoms with Gasteiger partial charge in [-0.25, -0.2) is 14.6 Å². The molecule has 0 fully saturated rings. The predicted octanol–water partition coefficient (Wildman–Crippen LogP) is 1.45. The molecule has 27 heavy (non-hydrogen) atoms. The minimum absolute atomic E-state index is 0.0760. The minimum Gasteiger partial charge on any atom is -0.486 e. The molecule has 0 saturated heterocycles. The molecule has 1 aromatic carbocycles. The van der Waals surface area contributed by atoms with E-state index in [1.54, 1.807) is 23.7 Å². The van der Waals surface area contributed by atoms with Crippen molar-refractivity contribution in [1.82, 2.24) is 30.0 Å². The summed E-state index contributed by atoms with van der Waals surface area (Å²) in [7, 11) is 0. The summed E-state index contributed by atoms with van der Waals surface area (Å²) in [5, 5.41) is 6.81. The average molecular weight is 368 g/mol. The van der Waals surface area contributed by atoms with E-state index in [1.165, 1.54) is 12.5 Å². The van der Waals surface area contributed by atoms with E-state index in [0.29, 0.717) is 23.9 Å². The lowest BCUT2D eigenvalue weighted by molar-refractivity contribution is 0.0935. The second kappa shape index (κ2) is 8.26. The zero-order valence-corrected chi connectivity index (χ0v) is 15.0. The molecule has 2 aromatic heterocycles. The van der Waals surface area contributed by atoms with Crippen molar-refractivity contribution in [3.05, 3.63) is 70.4 Å². The third-order valence-electron chi connectivity index (χ3n) is 3.90. The van der Waals surface area contributed by atoms with Crippen molar-refractivity contribution in [2.45, 2.75) is 33.0 Å². The summed E-state index contributed by atoms with van der Waals surface area (Å²) in [5.41, 5.74) is -0.605. The van der Waals surface area contributed by atoms with Gasteiger partial charge in [0.15, 0.2) is 0 Å². The lowest BCUT2D eigenvalue weighted by Gasteiger charge is -2.13. The number of H-pyrrole nitrogens is 1. The van der Waals surface area contributed by atoms with E-state index >= 15 is 0 Å². The smallest absolute Gasteiger partial charge is 0.263 e. The first-order valence-corrected chi connectivity index (χ1v) is 8.53. The van der Waals surface area contributed by atoms with Crippen LogP contribution >= 0.6 is 0 Å². The van der Waals surface area contributed by atoms with Crippen LogP contribution in [0.15, 0.2) is 47.7 Å². The van der Waals surface area contributed by atoms with Crippen LogP contribution in [0.25, 0.3) is 0 Å². The number of carbonyl (C=O) groups excluding carboxylic acids is 1. The van der Waals surface area contributed by atoms with Crippen LogP contribution in [0, 0.1) is 0 Å². The fraction of sp³-hybridized carbons (Fsp3) is 0.278.